The average molecular weight is 284 g/mol. The molecule has 0 heterocycles. The summed E-state index contributed by atoms with van der Waals surface area (Å²) in [5.41, 5.74) is 1.07. The number of aldehydes is 1. The molecule has 0 aliphatic carbocycles. The lowest BCUT2D eigenvalue weighted by molar-refractivity contribution is -0.107. The maximum Gasteiger partial charge on any atom is 0.127 e. The summed E-state index contributed by atoms with van der Waals surface area (Å²) in [6.45, 7) is 2.99. The molecule has 2 nitrogen and oxygen atoms in total. The van der Waals surface area contributed by atoms with Crippen molar-refractivity contribution in [2.75, 3.05) is 6.61 Å². The molecule has 112 valence electrons. The van der Waals surface area contributed by atoms with Gasteiger partial charge >= 0.3 is 0 Å². The van der Waals surface area contributed by atoms with E-state index in [0.29, 0.717) is 6.42 Å². The molecule has 2 rings (SSSR count). The molecule has 0 saturated carbocycles. The first-order valence-corrected chi connectivity index (χ1v) is 7.94. The number of rotatable bonds is 9. The molecule has 0 aliphatic heterocycles. The van der Waals surface area contributed by atoms with E-state index in [1.807, 2.05) is 24.3 Å². The minimum Gasteiger partial charge on any atom is -0.493 e. The highest BCUT2D eigenvalue weighted by Gasteiger charge is 2.05. The van der Waals surface area contributed by atoms with Gasteiger partial charge in [0, 0.05) is 11.8 Å². The van der Waals surface area contributed by atoms with Crippen LogP contribution < -0.4 is 4.74 Å². The van der Waals surface area contributed by atoms with Gasteiger partial charge in [0.05, 0.1) is 6.61 Å². The molecule has 21 heavy (non-hydrogen) atoms. The number of ether oxygens (including phenoxy) is 1. The van der Waals surface area contributed by atoms with Gasteiger partial charge in [-0.1, -0.05) is 62.9 Å². The monoisotopic (exact) mass is 284 g/mol. The summed E-state index contributed by atoms with van der Waals surface area (Å²) in [4.78, 5) is 10.8. The van der Waals surface area contributed by atoms with Crippen LogP contribution in [-0.2, 0) is 11.2 Å². The van der Waals surface area contributed by atoms with E-state index in [9.17, 15) is 4.79 Å². The summed E-state index contributed by atoms with van der Waals surface area (Å²) in [6, 6.07) is 12.1. The van der Waals surface area contributed by atoms with Crippen molar-refractivity contribution in [1.29, 1.82) is 0 Å². The van der Waals surface area contributed by atoms with E-state index < -0.39 is 0 Å². The molecule has 0 aromatic heterocycles. The first-order valence-electron chi connectivity index (χ1n) is 7.94. The van der Waals surface area contributed by atoms with Gasteiger partial charge in [-0.3, -0.25) is 0 Å². The van der Waals surface area contributed by atoms with E-state index in [4.69, 9.17) is 4.74 Å². The van der Waals surface area contributed by atoms with Crippen LogP contribution in [0.4, 0.5) is 0 Å². The Morgan fingerprint density at radius 2 is 1.71 bits per heavy atom. The Bertz CT molecular complexity index is 575. The highest BCUT2D eigenvalue weighted by molar-refractivity contribution is 5.92. The second-order valence-corrected chi connectivity index (χ2v) is 5.40. The van der Waals surface area contributed by atoms with Crippen molar-refractivity contribution in [2.24, 2.45) is 0 Å². The number of benzene rings is 2. The van der Waals surface area contributed by atoms with Crippen molar-refractivity contribution < 1.29 is 9.53 Å². The van der Waals surface area contributed by atoms with E-state index in [1.54, 1.807) is 0 Å². The summed E-state index contributed by atoms with van der Waals surface area (Å²) in [6.07, 6.45) is 7.61. The van der Waals surface area contributed by atoms with E-state index in [2.05, 4.69) is 19.1 Å². The Labute approximate surface area is 127 Å². The molecule has 0 atom stereocenters. The fourth-order valence-electron chi connectivity index (χ4n) is 2.63. The van der Waals surface area contributed by atoms with Crippen LogP contribution in [0.5, 0.6) is 5.75 Å². The molecule has 2 aromatic carbocycles. The number of hydrogen-bond donors (Lipinski definition) is 0. The Morgan fingerprint density at radius 1 is 0.952 bits per heavy atom. The van der Waals surface area contributed by atoms with E-state index in [0.717, 1.165) is 41.4 Å². The Balaban J connectivity index is 2.03. The lowest BCUT2D eigenvalue weighted by Gasteiger charge is -2.11. The SMILES string of the molecule is CCCCCCCOc1cccc2c(CC=O)cccc12. The van der Waals surface area contributed by atoms with Crippen molar-refractivity contribution in [2.45, 2.75) is 45.4 Å². The molecule has 0 fully saturated rings. The molecule has 2 aromatic rings. The summed E-state index contributed by atoms with van der Waals surface area (Å²) in [5.74, 6) is 0.927. The zero-order valence-corrected chi connectivity index (χ0v) is 12.8. The smallest absolute Gasteiger partial charge is 0.127 e. The fraction of sp³-hybridized carbons (Fsp3) is 0.421. The minimum absolute atomic E-state index is 0.456. The van der Waals surface area contributed by atoms with E-state index >= 15 is 0 Å². The normalized spacial score (nSPS) is 10.7. The molecule has 0 saturated heterocycles. The number of carbonyl (C=O) groups is 1. The maximum atomic E-state index is 10.8. The van der Waals surface area contributed by atoms with Crippen LogP contribution in [0.3, 0.4) is 0 Å². The first kappa shape index (κ1) is 15.6. The van der Waals surface area contributed by atoms with E-state index in [1.165, 1.54) is 25.7 Å². The Kier molecular flexibility index (Phi) is 6.26. The third-order valence-corrected chi connectivity index (χ3v) is 3.78. The van der Waals surface area contributed by atoms with Crippen LogP contribution in [0, 0.1) is 0 Å². The number of fused-ring (bicyclic) bond motifs is 1. The summed E-state index contributed by atoms with van der Waals surface area (Å²) < 4.78 is 5.94. The van der Waals surface area contributed by atoms with Crippen LogP contribution in [0.25, 0.3) is 10.8 Å². The van der Waals surface area contributed by atoms with Crippen molar-refractivity contribution in [3.63, 3.8) is 0 Å². The highest BCUT2D eigenvalue weighted by atomic mass is 16.5. The van der Waals surface area contributed by atoms with Gasteiger partial charge in [-0.05, 0) is 23.4 Å². The molecule has 0 amide bonds. The zero-order valence-electron chi connectivity index (χ0n) is 12.8. The van der Waals surface area contributed by atoms with Gasteiger partial charge in [-0.15, -0.1) is 0 Å². The molecule has 0 N–H and O–H groups in total. The molecule has 0 spiro atoms. The second-order valence-electron chi connectivity index (χ2n) is 5.40. The third kappa shape index (κ3) is 4.32. The predicted molar refractivity (Wildman–Crippen MR) is 88.0 cm³/mol. The lowest BCUT2D eigenvalue weighted by atomic mass is 10.0. The molecule has 0 radical (unpaired) electrons. The lowest BCUT2D eigenvalue weighted by Crippen LogP contribution is -1.98. The van der Waals surface area contributed by atoms with Gasteiger partial charge in [0.1, 0.15) is 12.0 Å². The third-order valence-electron chi connectivity index (χ3n) is 3.78. The van der Waals surface area contributed by atoms with Gasteiger partial charge in [-0.2, -0.15) is 0 Å². The van der Waals surface area contributed by atoms with Crippen molar-refractivity contribution in [3.05, 3.63) is 42.0 Å². The largest absolute Gasteiger partial charge is 0.493 e. The van der Waals surface area contributed by atoms with Gasteiger partial charge in [0.2, 0.25) is 0 Å². The van der Waals surface area contributed by atoms with Gasteiger partial charge in [0.25, 0.3) is 0 Å². The number of hydrogen-bond acceptors (Lipinski definition) is 2. The van der Waals surface area contributed by atoms with Crippen molar-refractivity contribution in [1.82, 2.24) is 0 Å². The van der Waals surface area contributed by atoms with Crippen LogP contribution in [0.15, 0.2) is 36.4 Å². The Hall–Kier alpha value is -1.83. The second kappa shape index (κ2) is 8.46. The van der Waals surface area contributed by atoms with Crippen LogP contribution in [-0.4, -0.2) is 12.9 Å². The van der Waals surface area contributed by atoms with Gasteiger partial charge in [-0.25, -0.2) is 0 Å². The van der Waals surface area contributed by atoms with E-state index in [-0.39, 0.29) is 0 Å². The fourth-order valence-corrected chi connectivity index (χ4v) is 2.63. The van der Waals surface area contributed by atoms with Gasteiger partial charge in [0.15, 0.2) is 0 Å². The summed E-state index contributed by atoms with van der Waals surface area (Å²) in [5, 5.41) is 2.22. The predicted octanol–water partition coefficient (Wildman–Crippen LogP) is 4.93. The topological polar surface area (TPSA) is 26.3 Å². The molecule has 0 aliphatic rings. The van der Waals surface area contributed by atoms with Gasteiger partial charge < -0.3 is 9.53 Å². The molecule has 0 bridgehead atoms. The average Bonchev–Trinajstić information content (AvgIpc) is 2.51. The quantitative estimate of drug-likeness (QED) is 0.482. The molecular weight excluding hydrogens is 260 g/mol. The first-order chi connectivity index (χ1) is 10.4. The highest BCUT2D eigenvalue weighted by Crippen LogP contribution is 2.28. The minimum atomic E-state index is 0.456. The molecule has 0 unspecified atom stereocenters. The molecular formula is C19H24O2. The van der Waals surface area contributed by atoms with Crippen LogP contribution >= 0.6 is 0 Å². The standard InChI is InChI=1S/C19H24O2/c1-2-3-4-5-6-15-21-19-12-8-10-17-16(13-14-20)9-7-11-18(17)19/h7-12,14H,2-6,13,15H2,1H3. The van der Waals surface area contributed by atoms with Crippen LogP contribution in [0.1, 0.15) is 44.6 Å². The Morgan fingerprint density at radius 3 is 2.52 bits per heavy atom. The molecule has 2 heteroatoms. The van der Waals surface area contributed by atoms with Crippen molar-refractivity contribution in [3.8, 4) is 5.75 Å². The van der Waals surface area contributed by atoms with Crippen LogP contribution in [0.2, 0.25) is 0 Å². The summed E-state index contributed by atoms with van der Waals surface area (Å²) >= 11 is 0. The van der Waals surface area contributed by atoms with Crippen molar-refractivity contribution >= 4 is 17.1 Å². The maximum absolute atomic E-state index is 10.8. The zero-order chi connectivity index (χ0) is 14.9. The number of carbonyl (C=O) groups excluding carboxylic acids is 1. The number of unbranched alkanes of at least 4 members (excludes halogenated alkanes) is 4. The summed E-state index contributed by atoms with van der Waals surface area (Å²) in [7, 11) is 0.